The van der Waals surface area contributed by atoms with Crippen LogP contribution < -0.4 is 26.0 Å². The zero-order chi connectivity index (χ0) is 28.4. The molecule has 0 aliphatic heterocycles. The minimum Gasteiger partial charge on any atom is -0.456 e. The maximum Gasteiger partial charge on any atom is 0.306 e. The molecule has 0 bridgehead atoms. The number of rotatable bonds is 12. The highest BCUT2D eigenvalue weighted by Gasteiger charge is 2.13. The van der Waals surface area contributed by atoms with E-state index < -0.39 is 24.0 Å². The van der Waals surface area contributed by atoms with Gasteiger partial charge in [0, 0.05) is 57.4 Å². The molecule has 2 amide bonds. The third-order valence-corrected chi connectivity index (χ3v) is 6.21. The lowest BCUT2D eigenvalue weighted by Gasteiger charge is -2.13. The SMILES string of the molecule is CN(C)c1ccc(NC(=O)COC(=O)CCc2nnc(SCC(=O)Nc3ccc(N(C)C)cc3)[nH]c2=O)cc1. The number of aromatic nitrogens is 3. The van der Waals surface area contributed by atoms with Crippen LogP contribution in [-0.4, -0.2) is 73.5 Å². The molecule has 3 N–H and O–H groups in total. The molecule has 12 nitrogen and oxygen atoms in total. The minimum atomic E-state index is -0.650. The Morgan fingerprint density at radius 3 is 1.90 bits per heavy atom. The summed E-state index contributed by atoms with van der Waals surface area (Å²) in [6, 6.07) is 14.6. The lowest BCUT2D eigenvalue weighted by molar-refractivity contribution is -0.147. The van der Waals surface area contributed by atoms with Crippen LogP contribution in [0, 0.1) is 0 Å². The van der Waals surface area contributed by atoms with Crippen molar-refractivity contribution in [3.05, 3.63) is 64.6 Å². The van der Waals surface area contributed by atoms with Gasteiger partial charge in [0.15, 0.2) is 11.8 Å². The molecule has 0 fully saturated rings. The van der Waals surface area contributed by atoms with E-state index >= 15 is 0 Å². The number of carbonyl (C=O) groups excluding carboxylic acids is 3. The Morgan fingerprint density at radius 2 is 1.38 bits per heavy atom. The van der Waals surface area contributed by atoms with Gasteiger partial charge in [-0.1, -0.05) is 11.8 Å². The quantitative estimate of drug-likeness (QED) is 0.225. The molecule has 0 unspecified atom stereocenters. The molecule has 0 saturated carbocycles. The highest BCUT2D eigenvalue weighted by atomic mass is 32.2. The number of hydrogen-bond acceptors (Lipinski definition) is 10. The zero-order valence-corrected chi connectivity index (χ0v) is 23.0. The van der Waals surface area contributed by atoms with E-state index in [2.05, 4.69) is 25.8 Å². The molecule has 2 aromatic carbocycles. The summed E-state index contributed by atoms with van der Waals surface area (Å²) in [5.74, 6) is -1.37. The molecule has 0 saturated heterocycles. The number of aryl methyl sites for hydroxylation is 1. The van der Waals surface area contributed by atoms with Gasteiger partial charge in [-0.2, -0.15) is 0 Å². The largest absolute Gasteiger partial charge is 0.456 e. The third-order valence-electron chi connectivity index (χ3n) is 5.35. The first-order valence-corrected chi connectivity index (χ1v) is 13.0. The van der Waals surface area contributed by atoms with Gasteiger partial charge in [-0.15, -0.1) is 10.2 Å². The van der Waals surface area contributed by atoms with E-state index in [0.717, 1.165) is 23.1 Å². The predicted octanol–water partition coefficient (Wildman–Crippen LogP) is 2.14. The number of carbonyl (C=O) groups is 3. The Hall–Kier alpha value is -4.39. The topological polar surface area (TPSA) is 150 Å². The summed E-state index contributed by atoms with van der Waals surface area (Å²) in [4.78, 5) is 55.1. The van der Waals surface area contributed by atoms with E-state index in [-0.39, 0.29) is 35.4 Å². The van der Waals surface area contributed by atoms with E-state index in [1.165, 1.54) is 0 Å². The number of nitrogens with one attached hydrogen (secondary N) is 3. The Morgan fingerprint density at radius 1 is 0.846 bits per heavy atom. The van der Waals surface area contributed by atoms with Crippen LogP contribution in [0.25, 0.3) is 0 Å². The highest BCUT2D eigenvalue weighted by Crippen LogP contribution is 2.17. The second kappa shape index (κ2) is 14.0. The highest BCUT2D eigenvalue weighted by molar-refractivity contribution is 7.99. The lowest BCUT2D eigenvalue weighted by atomic mass is 10.2. The number of nitrogens with zero attached hydrogens (tertiary/aromatic N) is 4. The molecule has 3 aromatic rings. The van der Waals surface area contributed by atoms with Gasteiger partial charge in [0.05, 0.1) is 12.2 Å². The zero-order valence-electron chi connectivity index (χ0n) is 22.2. The standard InChI is InChI=1S/C26H31N7O5S/c1-32(2)19-9-5-17(6-10-19)27-22(34)15-38-24(36)14-13-21-25(37)29-26(31-30-21)39-16-23(35)28-18-7-11-20(12-8-18)33(3)4/h5-12H,13-16H2,1-4H3,(H,27,34)(H,28,35)(H,29,31,37). The van der Waals surface area contributed by atoms with Gasteiger partial charge in [-0.05, 0) is 48.5 Å². The fourth-order valence-electron chi connectivity index (χ4n) is 3.23. The maximum absolute atomic E-state index is 12.3. The summed E-state index contributed by atoms with van der Waals surface area (Å²) < 4.78 is 4.98. The van der Waals surface area contributed by atoms with Gasteiger partial charge < -0.3 is 25.2 Å². The van der Waals surface area contributed by atoms with Gasteiger partial charge in [-0.25, -0.2) is 0 Å². The number of amides is 2. The van der Waals surface area contributed by atoms with Crippen LogP contribution in [0.3, 0.4) is 0 Å². The summed E-state index contributed by atoms with van der Waals surface area (Å²) in [5, 5.41) is 13.4. The molecule has 0 spiro atoms. The van der Waals surface area contributed by atoms with Crippen molar-refractivity contribution in [2.75, 3.05) is 61.0 Å². The van der Waals surface area contributed by atoms with Crippen molar-refractivity contribution in [2.24, 2.45) is 0 Å². The summed E-state index contributed by atoms with van der Waals surface area (Å²) in [6.45, 7) is -0.451. The normalized spacial score (nSPS) is 10.5. The maximum atomic E-state index is 12.3. The van der Waals surface area contributed by atoms with Crippen molar-refractivity contribution in [1.82, 2.24) is 15.2 Å². The Kier molecular flexibility index (Phi) is 10.4. The number of H-pyrrole nitrogens is 1. The van der Waals surface area contributed by atoms with Gasteiger partial charge >= 0.3 is 5.97 Å². The summed E-state index contributed by atoms with van der Waals surface area (Å²) in [5.41, 5.74) is 2.76. The Bertz CT molecular complexity index is 1340. The van der Waals surface area contributed by atoms with Gasteiger partial charge in [0.2, 0.25) is 5.91 Å². The van der Waals surface area contributed by atoms with Crippen molar-refractivity contribution >= 4 is 52.3 Å². The first-order valence-electron chi connectivity index (χ1n) is 12.0. The first kappa shape index (κ1) is 29.2. The van der Waals surface area contributed by atoms with E-state index in [4.69, 9.17) is 4.74 Å². The van der Waals surface area contributed by atoms with Crippen LogP contribution in [0.5, 0.6) is 0 Å². The fourth-order valence-corrected chi connectivity index (χ4v) is 3.83. The Labute approximate surface area is 230 Å². The van der Waals surface area contributed by atoms with Gasteiger partial charge in [0.25, 0.3) is 11.5 Å². The van der Waals surface area contributed by atoms with E-state index in [1.807, 2.05) is 62.3 Å². The number of anilines is 4. The summed E-state index contributed by atoms with van der Waals surface area (Å²) in [6.07, 6.45) is -0.159. The van der Waals surface area contributed by atoms with Gasteiger partial charge in [-0.3, -0.25) is 24.2 Å². The van der Waals surface area contributed by atoms with E-state index in [0.29, 0.717) is 11.4 Å². The molecular formula is C26H31N7O5S. The number of esters is 1. The van der Waals surface area contributed by atoms with Crippen molar-refractivity contribution in [1.29, 1.82) is 0 Å². The lowest BCUT2D eigenvalue weighted by Crippen LogP contribution is -2.22. The molecule has 39 heavy (non-hydrogen) atoms. The number of benzene rings is 2. The molecule has 0 aliphatic rings. The van der Waals surface area contributed by atoms with Crippen LogP contribution in [0.15, 0.2) is 58.5 Å². The predicted molar refractivity (Wildman–Crippen MR) is 151 cm³/mol. The van der Waals surface area contributed by atoms with Crippen molar-refractivity contribution in [3.63, 3.8) is 0 Å². The molecule has 1 heterocycles. The Balaban J connectivity index is 1.39. The molecular weight excluding hydrogens is 522 g/mol. The summed E-state index contributed by atoms with van der Waals surface area (Å²) >= 11 is 1.03. The molecule has 1 aromatic heterocycles. The fraction of sp³-hybridized carbons (Fsp3) is 0.308. The van der Waals surface area contributed by atoms with Crippen molar-refractivity contribution in [3.8, 4) is 0 Å². The van der Waals surface area contributed by atoms with Crippen LogP contribution in [0.1, 0.15) is 12.1 Å². The molecule has 206 valence electrons. The van der Waals surface area contributed by atoms with Crippen LogP contribution in [0.4, 0.5) is 22.7 Å². The minimum absolute atomic E-state index is 0.0108. The number of aromatic amines is 1. The smallest absolute Gasteiger partial charge is 0.306 e. The van der Waals surface area contributed by atoms with E-state index in [1.54, 1.807) is 24.3 Å². The molecule has 3 rings (SSSR count). The summed E-state index contributed by atoms with van der Waals surface area (Å²) in [7, 11) is 7.68. The second-order valence-corrected chi connectivity index (χ2v) is 9.80. The monoisotopic (exact) mass is 553 g/mol. The third kappa shape index (κ3) is 9.45. The molecule has 0 aliphatic carbocycles. The molecule has 13 heteroatoms. The average molecular weight is 554 g/mol. The second-order valence-electron chi connectivity index (χ2n) is 8.83. The number of ether oxygens (including phenoxy) is 1. The molecule has 0 atom stereocenters. The van der Waals surface area contributed by atoms with Gasteiger partial charge in [0.1, 0.15) is 5.69 Å². The van der Waals surface area contributed by atoms with Crippen molar-refractivity contribution < 1.29 is 19.1 Å². The first-order chi connectivity index (χ1) is 18.6. The van der Waals surface area contributed by atoms with E-state index in [9.17, 15) is 19.2 Å². The molecule has 0 radical (unpaired) electrons. The van der Waals surface area contributed by atoms with Crippen LogP contribution in [0.2, 0.25) is 0 Å². The van der Waals surface area contributed by atoms with Crippen molar-refractivity contribution in [2.45, 2.75) is 18.0 Å². The average Bonchev–Trinajstić information content (AvgIpc) is 2.91. The van der Waals surface area contributed by atoms with Crippen LogP contribution in [-0.2, 0) is 25.5 Å². The van der Waals surface area contributed by atoms with Crippen LogP contribution >= 0.6 is 11.8 Å². The number of hydrogen-bond donors (Lipinski definition) is 3. The number of thioether (sulfide) groups is 1.